The second-order valence-corrected chi connectivity index (χ2v) is 15.0. The summed E-state index contributed by atoms with van der Waals surface area (Å²) in [5, 5.41) is 14.3. The zero-order chi connectivity index (χ0) is 34.5. The molecule has 0 saturated carbocycles. The maximum Gasteiger partial charge on any atom is 0.135 e. The van der Waals surface area contributed by atoms with Crippen LogP contribution >= 0.6 is 23.4 Å². The van der Waals surface area contributed by atoms with Crippen molar-refractivity contribution in [3.63, 3.8) is 0 Å². The number of aromatic nitrogens is 5. The number of fused-ring (bicyclic) bond motifs is 10. The lowest BCUT2D eigenvalue weighted by Gasteiger charge is -2.18. The highest BCUT2D eigenvalue weighted by Crippen LogP contribution is 2.45. The minimum Gasteiger partial charge on any atom is -0.495 e. The lowest BCUT2D eigenvalue weighted by molar-refractivity contribution is 0.304. The van der Waals surface area contributed by atoms with Crippen LogP contribution in [0.25, 0.3) is 38.6 Å². The molecule has 258 valence electrons. The summed E-state index contributed by atoms with van der Waals surface area (Å²) in [6.07, 6.45) is 4.04. The SMILES string of the molecule is C=C(OC)c1c(C)c2c3c(Cl)ccc2n1CCCOc1cc(cc2ccccc12)SCc1cc(nn1C)CN(C)Cc1nn2c(c1-3)CCCC2. The molecule has 0 radical (unpaired) electrons. The van der Waals surface area contributed by atoms with Crippen LogP contribution < -0.4 is 4.74 Å². The Hall–Kier alpha value is -4.18. The smallest absolute Gasteiger partial charge is 0.135 e. The van der Waals surface area contributed by atoms with Crippen LogP contribution in [-0.2, 0) is 50.1 Å². The van der Waals surface area contributed by atoms with Gasteiger partial charge in [0.15, 0.2) is 0 Å². The lowest BCUT2D eigenvalue weighted by Crippen LogP contribution is -2.18. The molecule has 8 nitrogen and oxygen atoms in total. The van der Waals surface area contributed by atoms with Crippen LogP contribution in [0, 0.1) is 6.92 Å². The van der Waals surface area contributed by atoms with E-state index in [1.807, 2.05) is 29.6 Å². The molecule has 0 atom stereocenters. The first-order valence-electron chi connectivity index (χ1n) is 17.4. The van der Waals surface area contributed by atoms with Crippen LogP contribution in [0.4, 0.5) is 0 Å². The number of ether oxygens (including phenoxy) is 2. The molecular formula is C40H43ClN6O2S. The number of methoxy groups -OCH3 is 1. The fraction of sp³-hybridized carbons (Fsp3) is 0.350. The van der Waals surface area contributed by atoms with Crippen molar-refractivity contribution in [1.29, 1.82) is 0 Å². The summed E-state index contributed by atoms with van der Waals surface area (Å²) in [4.78, 5) is 3.49. The third-order valence-corrected chi connectivity index (χ3v) is 11.5. The van der Waals surface area contributed by atoms with Crippen molar-refractivity contribution in [3.05, 3.63) is 100 Å². The molecule has 0 amide bonds. The Morgan fingerprint density at radius 1 is 0.980 bits per heavy atom. The number of benzene rings is 3. The minimum atomic E-state index is 0.564. The van der Waals surface area contributed by atoms with Gasteiger partial charge in [-0.2, -0.15) is 10.2 Å². The highest BCUT2D eigenvalue weighted by molar-refractivity contribution is 7.98. The molecule has 2 aliphatic heterocycles. The molecule has 8 bridgehead atoms. The summed E-state index contributed by atoms with van der Waals surface area (Å²) in [7, 11) is 5.89. The van der Waals surface area contributed by atoms with Crippen LogP contribution in [-0.4, -0.2) is 49.8 Å². The average molecular weight is 707 g/mol. The minimum absolute atomic E-state index is 0.564. The number of rotatable bonds is 2. The maximum atomic E-state index is 7.26. The van der Waals surface area contributed by atoms with Gasteiger partial charge in [-0.15, -0.1) is 11.8 Å². The zero-order valence-electron chi connectivity index (χ0n) is 29.3. The molecule has 0 aliphatic carbocycles. The van der Waals surface area contributed by atoms with Crippen molar-refractivity contribution >= 4 is 50.8 Å². The quantitative estimate of drug-likeness (QED) is 0.168. The largest absolute Gasteiger partial charge is 0.495 e. The van der Waals surface area contributed by atoms with Gasteiger partial charge in [-0.1, -0.05) is 42.4 Å². The van der Waals surface area contributed by atoms with Gasteiger partial charge in [-0.25, -0.2) is 0 Å². The molecule has 8 rings (SSSR count). The Labute approximate surface area is 302 Å². The molecule has 6 aromatic rings. The van der Waals surface area contributed by atoms with Gasteiger partial charge in [-0.3, -0.25) is 14.3 Å². The molecule has 10 heteroatoms. The molecule has 0 unspecified atom stereocenters. The Morgan fingerprint density at radius 3 is 2.70 bits per heavy atom. The van der Waals surface area contributed by atoms with E-state index in [1.54, 1.807) is 7.11 Å². The van der Waals surface area contributed by atoms with E-state index in [0.717, 1.165) is 99.8 Å². The van der Waals surface area contributed by atoms with Gasteiger partial charge in [0.05, 0.1) is 30.8 Å². The second kappa shape index (κ2) is 13.5. The molecule has 0 saturated heterocycles. The number of nitrogens with zero attached hydrogens (tertiary/aromatic N) is 6. The molecule has 0 spiro atoms. The molecule has 3 aromatic heterocycles. The van der Waals surface area contributed by atoms with Crippen LogP contribution in [0.3, 0.4) is 0 Å². The first-order valence-corrected chi connectivity index (χ1v) is 18.8. The normalized spacial score (nSPS) is 15.8. The van der Waals surface area contributed by atoms with Crippen molar-refractivity contribution in [1.82, 2.24) is 29.0 Å². The van der Waals surface area contributed by atoms with E-state index >= 15 is 0 Å². The summed E-state index contributed by atoms with van der Waals surface area (Å²) in [6, 6.07) is 19.3. The lowest BCUT2D eigenvalue weighted by atomic mass is 9.94. The first kappa shape index (κ1) is 33.0. The van der Waals surface area contributed by atoms with Crippen molar-refractivity contribution in [3.8, 4) is 16.9 Å². The Bertz CT molecular complexity index is 2270. The Balaban J connectivity index is 1.29. The van der Waals surface area contributed by atoms with Crippen molar-refractivity contribution < 1.29 is 9.47 Å². The predicted molar refractivity (Wildman–Crippen MR) is 204 cm³/mol. The van der Waals surface area contributed by atoms with Gasteiger partial charge in [0.2, 0.25) is 0 Å². The molecule has 3 aromatic carbocycles. The number of hydrogen-bond acceptors (Lipinski definition) is 6. The summed E-state index contributed by atoms with van der Waals surface area (Å²) < 4.78 is 19.0. The summed E-state index contributed by atoms with van der Waals surface area (Å²) in [5.41, 5.74) is 9.98. The Kier molecular flexibility index (Phi) is 8.91. The molecule has 2 aliphatic rings. The second-order valence-electron chi connectivity index (χ2n) is 13.6. The zero-order valence-corrected chi connectivity index (χ0v) is 30.8. The number of halogens is 1. The van der Waals surface area contributed by atoms with E-state index in [-0.39, 0.29) is 0 Å². The van der Waals surface area contributed by atoms with E-state index in [2.05, 4.69) is 83.2 Å². The molecule has 50 heavy (non-hydrogen) atoms. The first-order chi connectivity index (χ1) is 24.3. The molecule has 0 fully saturated rings. The van der Waals surface area contributed by atoms with E-state index in [9.17, 15) is 0 Å². The monoisotopic (exact) mass is 706 g/mol. The van der Waals surface area contributed by atoms with Crippen LogP contribution in [0.2, 0.25) is 5.02 Å². The van der Waals surface area contributed by atoms with Gasteiger partial charge < -0.3 is 14.0 Å². The van der Waals surface area contributed by atoms with Gasteiger partial charge in [0.1, 0.15) is 11.5 Å². The van der Waals surface area contributed by atoms with E-state index in [4.69, 9.17) is 31.3 Å². The molecule has 5 heterocycles. The predicted octanol–water partition coefficient (Wildman–Crippen LogP) is 9.01. The van der Waals surface area contributed by atoms with Crippen molar-refractivity contribution in [2.45, 2.75) is 69.4 Å². The standard InChI is InChI=1S/C40H43ClN6O2S/c1-25-37-34-15-14-32(41)38(37)39-33(43-47-17-9-8-13-35(39)47)23-44(3)22-28-20-29(45(4)42-28)24-50-30-19-27-11-6-7-12-31(27)36(21-30)49-18-10-16-46(34)40(25)26(2)48-5/h6-7,11-12,14-15,19-21H,2,8-10,13,16-18,22-24H2,1,3-5H3. The fourth-order valence-corrected chi connectivity index (χ4v) is 9.11. The third kappa shape index (κ3) is 5.89. The Morgan fingerprint density at radius 2 is 1.84 bits per heavy atom. The van der Waals surface area contributed by atoms with Gasteiger partial charge in [-0.05, 0) is 80.9 Å². The third-order valence-electron chi connectivity index (χ3n) is 10.2. The molecular weight excluding hydrogens is 664 g/mol. The highest BCUT2D eigenvalue weighted by atomic mass is 35.5. The maximum absolute atomic E-state index is 7.26. The van der Waals surface area contributed by atoms with E-state index < -0.39 is 0 Å². The summed E-state index contributed by atoms with van der Waals surface area (Å²) in [6.45, 7) is 10.1. The number of aryl methyl sites for hydroxylation is 4. The van der Waals surface area contributed by atoms with Gasteiger partial charge in [0.25, 0.3) is 0 Å². The van der Waals surface area contributed by atoms with E-state index in [0.29, 0.717) is 25.5 Å². The summed E-state index contributed by atoms with van der Waals surface area (Å²) >= 11 is 9.07. The topological polar surface area (TPSA) is 62.3 Å². The summed E-state index contributed by atoms with van der Waals surface area (Å²) in [5.74, 6) is 2.36. The van der Waals surface area contributed by atoms with Crippen molar-refractivity contribution in [2.75, 3.05) is 20.8 Å². The average Bonchev–Trinajstić information content (AvgIpc) is 3.74. The number of hydrogen-bond donors (Lipinski definition) is 0. The number of thioether (sulfide) groups is 1. The van der Waals surface area contributed by atoms with Crippen LogP contribution in [0.1, 0.15) is 53.3 Å². The van der Waals surface area contributed by atoms with Crippen molar-refractivity contribution in [2.24, 2.45) is 7.05 Å². The van der Waals surface area contributed by atoms with E-state index in [1.165, 1.54) is 27.2 Å². The van der Waals surface area contributed by atoms with Gasteiger partial charge in [0, 0.05) is 87.7 Å². The van der Waals surface area contributed by atoms with Crippen LogP contribution in [0.5, 0.6) is 5.75 Å². The highest BCUT2D eigenvalue weighted by Gasteiger charge is 2.29. The molecule has 0 N–H and O–H groups in total. The van der Waals surface area contributed by atoms with Gasteiger partial charge >= 0.3 is 0 Å². The van der Waals surface area contributed by atoms with Crippen LogP contribution in [0.15, 0.2) is 66.1 Å². The fourth-order valence-electron chi connectivity index (χ4n) is 7.87.